The Bertz CT molecular complexity index is 377. The molecule has 7 heteroatoms. The average Bonchev–Trinajstić information content (AvgIpc) is 2.87. The Morgan fingerprint density at radius 3 is 2.67 bits per heavy atom. The lowest BCUT2D eigenvalue weighted by Gasteiger charge is -2.35. The van der Waals surface area contributed by atoms with Gasteiger partial charge >= 0.3 is 0 Å². The van der Waals surface area contributed by atoms with Crippen molar-refractivity contribution in [2.24, 2.45) is 5.41 Å². The van der Waals surface area contributed by atoms with Crippen molar-refractivity contribution in [2.75, 3.05) is 43.7 Å². The van der Waals surface area contributed by atoms with Gasteiger partial charge in [-0.05, 0) is 24.0 Å². The standard InChI is InChI=1S/C11H19N3OS3/c1-14(2)9-12-13-10(18-9)17-8-11(7-16)3-5-15-6-4-11/h16H,3-8H2,1-2H3. The van der Waals surface area contributed by atoms with E-state index in [-0.39, 0.29) is 0 Å². The van der Waals surface area contributed by atoms with Crippen LogP contribution in [0.4, 0.5) is 5.13 Å². The molecule has 102 valence electrons. The van der Waals surface area contributed by atoms with Crippen molar-refractivity contribution in [1.29, 1.82) is 0 Å². The molecule has 0 N–H and O–H groups in total. The predicted molar refractivity (Wildman–Crippen MR) is 81.3 cm³/mol. The molecule has 0 radical (unpaired) electrons. The largest absolute Gasteiger partial charge is 0.381 e. The highest BCUT2D eigenvalue weighted by Crippen LogP contribution is 2.38. The minimum atomic E-state index is 0.302. The molecule has 0 atom stereocenters. The Morgan fingerprint density at radius 1 is 1.39 bits per heavy atom. The summed E-state index contributed by atoms with van der Waals surface area (Å²) in [6.07, 6.45) is 2.20. The summed E-state index contributed by atoms with van der Waals surface area (Å²) in [6, 6.07) is 0. The van der Waals surface area contributed by atoms with Gasteiger partial charge in [0.2, 0.25) is 5.13 Å². The molecule has 0 unspecified atom stereocenters. The summed E-state index contributed by atoms with van der Waals surface area (Å²) in [7, 11) is 3.98. The van der Waals surface area contributed by atoms with E-state index in [1.54, 1.807) is 23.1 Å². The second kappa shape index (κ2) is 6.45. The van der Waals surface area contributed by atoms with Gasteiger partial charge in [-0.1, -0.05) is 23.1 Å². The molecule has 0 saturated carbocycles. The molecule has 1 fully saturated rings. The summed E-state index contributed by atoms with van der Waals surface area (Å²) in [5.74, 6) is 1.98. The van der Waals surface area contributed by atoms with Crippen molar-refractivity contribution in [3.63, 3.8) is 0 Å². The van der Waals surface area contributed by atoms with Crippen LogP contribution in [0.15, 0.2) is 4.34 Å². The Labute approximate surface area is 122 Å². The summed E-state index contributed by atoms with van der Waals surface area (Å²) in [5, 5.41) is 9.34. The van der Waals surface area contributed by atoms with Crippen molar-refractivity contribution < 1.29 is 4.74 Å². The number of thioether (sulfide) groups is 1. The molecular weight excluding hydrogens is 286 g/mol. The zero-order valence-electron chi connectivity index (χ0n) is 10.8. The number of anilines is 1. The fourth-order valence-corrected chi connectivity index (χ4v) is 4.45. The van der Waals surface area contributed by atoms with E-state index in [0.717, 1.165) is 47.0 Å². The van der Waals surface area contributed by atoms with Gasteiger partial charge in [-0.3, -0.25) is 0 Å². The predicted octanol–water partition coefficient (Wildman–Crippen LogP) is 2.42. The summed E-state index contributed by atoms with van der Waals surface area (Å²) in [4.78, 5) is 1.99. The van der Waals surface area contributed by atoms with Crippen LogP contribution in [0.3, 0.4) is 0 Å². The smallest absolute Gasteiger partial charge is 0.208 e. The fourth-order valence-electron chi connectivity index (χ4n) is 1.81. The van der Waals surface area contributed by atoms with Crippen LogP contribution >= 0.6 is 35.7 Å². The Hall–Kier alpha value is 0.0200. The highest BCUT2D eigenvalue weighted by molar-refractivity contribution is 8.01. The van der Waals surface area contributed by atoms with Crippen LogP contribution in [-0.4, -0.2) is 49.0 Å². The maximum atomic E-state index is 5.44. The van der Waals surface area contributed by atoms with Crippen LogP contribution < -0.4 is 4.90 Å². The van der Waals surface area contributed by atoms with Gasteiger partial charge in [0.25, 0.3) is 0 Å². The van der Waals surface area contributed by atoms with E-state index in [0.29, 0.717) is 5.41 Å². The number of thiol groups is 1. The third-order valence-electron chi connectivity index (χ3n) is 3.17. The van der Waals surface area contributed by atoms with Crippen LogP contribution in [0.2, 0.25) is 0 Å². The highest BCUT2D eigenvalue weighted by Gasteiger charge is 2.31. The van der Waals surface area contributed by atoms with E-state index in [1.807, 2.05) is 19.0 Å². The summed E-state index contributed by atoms with van der Waals surface area (Å²) in [5.41, 5.74) is 0.302. The third-order valence-corrected chi connectivity index (χ3v) is 6.41. The molecule has 4 nitrogen and oxygen atoms in total. The van der Waals surface area contributed by atoms with Gasteiger partial charge in [-0.25, -0.2) is 0 Å². The average molecular weight is 305 g/mol. The first-order valence-electron chi connectivity index (χ1n) is 5.97. The van der Waals surface area contributed by atoms with Gasteiger partial charge in [0.1, 0.15) is 0 Å². The maximum absolute atomic E-state index is 5.44. The van der Waals surface area contributed by atoms with E-state index in [4.69, 9.17) is 4.74 Å². The van der Waals surface area contributed by atoms with Gasteiger partial charge < -0.3 is 9.64 Å². The van der Waals surface area contributed by atoms with Gasteiger partial charge in [0, 0.05) is 33.1 Å². The lowest BCUT2D eigenvalue weighted by molar-refractivity contribution is 0.0371. The van der Waals surface area contributed by atoms with E-state index >= 15 is 0 Å². The molecule has 0 amide bonds. The Kier molecular flexibility index (Phi) is 5.17. The number of nitrogens with zero attached hydrogens (tertiary/aromatic N) is 3. The van der Waals surface area contributed by atoms with Crippen molar-refractivity contribution >= 4 is 40.9 Å². The molecule has 1 aliphatic rings. The fraction of sp³-hybridized carbons (Fsp3) is 0.818. The first kappa shape index (κ1) is 14.4. The van der Waals surface area contributed by atoms with Crippen molar-refractivity contribution in [1.82, 2.24) is 10.2 Å². The lowest BCUT2D eigenvalue weighted by Crippen LogP contribution is -2.33. The second-order valence-corrected chi connectivity index (χ2v) is 7.30. The van der Waals surface area contributed by atoms with Crippen LogP contribution in [0, 0.1) is 5.41 Å². The van der Waals surface area contributed by atoms with E-state index in [9.17, 15) is 0 Å². The van der Waals surface area contributed by atoms with E-state index < -0.39 is 0 Å². The minimum Gasteiger partial charge on any atom is -0.381 e. The zero-order chi connectivity index (χ0) is 13.0. The summed E-state index contributed by atoms with van der Waals surface area (Å²) >= 11 is 7.98. The van der Waals surface area contributed by atoms with E-state index in [2.05, 4.69) is 22.8 Å². The molecule has 0 aliphatic carbocycles. The van der Waals surface area contributed by atoms with Crippen LogP contribution in [0.25, 0.3) is 0 Å². The number of aromatic nitrogens is 2. The molecule has 0 aromatic carbocycles. The zero-order valence-corrected chi connectivity index (χ0v) is 13.3. The summed E-state index contributed by atoms with van der Waals surface area (Å²) < 4.78 is 6.49. The molecule has 2 heterocycles. The number of hydrogen-bond acceptors (Lipinski definition) is 7. The molecular formula is C11H19N3OS3. The quantitative estimate of drug-likeness (QED) is 0.668. The number of rotatable bonds is 5. The van der Waals surface area contributed by atoms with E-state index in [1.165, 1.54) is 0 Å². The van der Waals surface area contributed by atoms with Crippen molar-refractivity contribution in [3.8, 4) is 0 Å². The minimum absolute atomic E-state index is 0.302. The Balaban J connectivity index is 1.92. The maximum Gasteiger partial charge on any atom is 0.208 e. The lowest BCUT2D eigenvalue weighted by atomic mass is 9.84. The first-order chi connectivity index (χ1) is 8.65. The van der Waals surface area contributed by atoms with Crippen LogP contribution in [0.5, 0.6) is 0 Å². The molecule has 1 aliphatic heterocycles. The summed E-state index contributed by atoms with van der Waals surface area (Å²) in [6.45, 7) is 1.72. The molecule has 0 bridgehead atoms. The Morgan fingerprint density at radius 2 is 2.11 bits per heavy atom. The van der Waals surface area contributed by atoms with Gasteiger partial charge in [-0.2, -0.15) is 12.6 Å². The topological polar surface area (TPSA) is 38.2 Å². The molecule has 0 spiro atoms. The van der Waals surface area contributed by atoms with Crippen LogP contribution in [0.1, 0.15) is 12.8 Å². The monoisotopic (exact) mass is 305 g/mol. The van der Waals surface area contributed by atoms with Gasteiger partial charge in [0.15, 0.2) is 4.34 Å². The highest BCUT2D eigenvalue weighted by atomic mass is 32.2. The van der Waals surface area contributed by atoms with Gasteiger partial charge in [-0.15, -0.1) is 10.2 Å². The molecule has 2 rings (SSSR count). The number of ether oxygens (including phenoxy) is 1. The third kappa shape index (κ3) is 3.53. The van der Waals surface area contributed by atoms with Crippen molar-refractivity contribution in [3.05, 3.63) is 0 Å². The number of hydrogen-bond donors (Lipinski definition) is 1. The van der Waals surface area contributed by atoms with Crippen molar-refractivity contribution in [2.45, 2.75) is 17.2 Å². The normalized spacial score (nSPS) is 18.8. The second-order valence-electron chi connectivity index (χ2n) is 4.80. The first-order valence-corrected chi connectivity index (χ1v) is 8.41. The van der Waals surface area contributed by atoms with Crippen LogP contribution in [-0.2, 0) is 4.74 Å². The SMILES string of the molecule is CN(C)c1nnc(SCC2(CS)CCOCC2)s1. The molecule has 18 heavy (non-hydrogen) atoms. The molecule has 1 aromatic rings. The van der Waals surface area contributed by atoms with Gasteiger partial charge in [0.05, 0.1) is 0 Å². The molecule has 1 saturated heterocycles. The molecule has 1 aromatic heterocycles.